The molecule has 190 valence electrons. The number of aryl methyl sites for hydroxylation is 1. The van der Waals surface area contributed by atoms with Gasteiger partial charge in [0.15, 0.2) is 0 Å². The molecule has 0 spiro atoms. The van der Waals surface area contributed by atoms with E-state index < -0.39 is 0 Å². The number of fused-ring (bicyclic) bond motifs is 1. The Kier molecular flexibility index (Phi) is 7.84. The van der Waals surface area contributed by atoms with E-state index in [2.05, 4.69) is 33.7 Å². The summed E-state index contributed by atoms with van der Waals surface area (Å²) in [5.74, 6) is 0.863. The third kappa shape index (κ3) is 6.02. The van der Waals surface area contributed by atoms with Gasteiger partial charge in [-0.1, -0.05) is 48.5 Å². The minimum Gasteiger partial charge on any atom is -0.489 e. The van der Waals surface area contributed by atoms with Gasteiger partial charge in [0.2, 0.25) is 5.91 Å². The van der Waals surface area contributed by atoms with Crippen molar-refractivity contribution in [2.45, 2.75) is 19.6 Å². The molecule has 0 aliphatic carbocycles. The number of aromatic nitrogens is 1. The molecule has 2 heterocycles. The Labute approximate surface area is 217 Å². The first-order chi connectivity index (χ1) is 18.2. The molecular weight excluding hydrogens is 465 g/mol. The monoisotopic (exact) mass is 497 g/mol. The standard InChI is InChI=1S/C31H32FN3O2/c32-17-6-18-35-23-26(29-9-4-5-10-30(29)35)11-16-31(36)34-21-19-33(20-22-34)27-12-14-28(15-13-27)37-24-25-7-2-1-3-8-25/h1-5,7-16,23H,6,17-22,24H2. The van der Waals surface area contributed by atoms with Crippen LogP contribution in [0, 0.1) is 0 Å². The highest BCUT2D eigenvalue weighted by atomic mass is 19.1. The van der Waals surface area contributed by atoms with Crippen LogP contribution in [0.5, 0.6) is 5.75 Å². The predicted molar refractivity (Wildman–Crippen MR) is 148 cm³/mol. The molecular formula is C31H32FN3O2. The van der Waals surface area contributed by atoms with Gasteiger partial charge in [-0.05, 0) is 48.4 Å². The maximum atomic E-state index is 12.9. The quantitative estimate of drug-likeness (QED) is 0.269. The summed E-state index contributed by atoms with van der Waals surface area (Å²) in [5.41, 5.74) is 4.32. The zero-order valence-electron chi connectivity index (χ0n) is 20.9. The average molecular weight is 498 g/mol. The van der Waals surface area contributed by atoms with E-state index in [0.29, 0.717) is 32.7 Å². The number of amides is 1. The van der Waals surface area contributed by atoms with Crippen LogP contribution in [0.3, 0.4) is 0 Å². The van der Waals surface area contributed by atoms with E-state index in [1.807, 2.05) is 71.8 Å². The fraction of sp³-hybridized carbons (Fsp3) is 0.258. The third-order valence-corrected chi connectivity index (χ3v) is 6.80. The Morgan fingerprint density at radius 2 is 1.62 bits per heavy atom. The van der Waals surface area contributed by atoms with Crippen molar-refractivity contribution in [1.82, 2.24) is 9.47 Å². The number of rotatable bonds is 9. The lowest BCUT2D eigenvalue weighted by atomic mass is 10.1. The maximum Gasteiger partial charge on any atom is 0.246 e. The van der Waals surface area contributed by atoms with Crippen LogP contribution in [-0.4, -0.2) is 48.2 Å². The van der Waals surface area contributed by atoms with Crippen LogP contribution in [0.1, 0.15) is 17.5 Å². The smallest absolute Gasteiger partial charge is 0.246 e. The minimum atomic E-state index is -0.339. The second kappa shape index (κ2) is 11.8. The van der Waals surface area contributed by atoms with Crippen molar-refractivity contribution in [1.29, 1.82) is 0 Å². The summed E-state index contributed by atoms with van der Waals surface area (Å²) in [6.45, 7) is 3.75. The number of benzene rings is 3. The van der Waals surface area contributed by atoms with Crippen molar-refractivity contribution in [2.75, 3.05) is 37.8 Å². The molecule has 37 heavy (non-hydrogen) atoms. The van der Waals surface area contributed by atoms with Crippen LogP contribution in [0.25, 0.3) is 17.0 Å². The molecule has 0 unspecified atom stereocenters. The number of hydrogen-bond acceptors (Lipinski definition) is 3. The third-order valence-electron chi connectivity index (χ3n) is 6.80. The van der Waals surface area contributed by atoms with Crippen molar-refractivity contribution in [3.8, 4) is 5.75 Å². The van der Waals surface area contributed by atoms with Gasteiger partial charge in [0.1, 0.15) is 12.4 Å². The molecule has 4 aromatic rings. The number of nitrogens with zero attached hydrogens (tertiary/aromatic N) is 3. The van der Waals surface area contributed by atoms with E-state index in [4.69, 9.17) is 4.74 Å². The highest BCUT2D eigenvalue weighted by Crippen LogP contribution is 2.24. The molecule has 1 saturated heterocycles. The second-order valence-electron chi connectivity index (χ2n) is 9.25. The molecule has 0 atom stereocenters. The number of halogens is 1. The zero-order valence-corrected chi connectivity index (χ0v) is 20.9. The molecule has 1 fully saturated rings. The molecule has 5 nitrogen and oxygen atoms in total. The Morgan fingerprint density at radius 1 is 0.892 bits per heavy atom. The summed E-state index contributed by atoms with van der Waals surface area (Å²) in [6, 6.07) is 26.3. The normalized spacial score (nSPS) is 14.0. The number of piperazine rings is 1. The fourth-order valence-electron chi connectivity index (χ4n) is 4.77. The predicted octanol–water partition coefficient (Wildman–Crippen LogP) is 5.94. The molecule has 1 aromatic heterocycles. The molecule has 6 heteroatoms. The average Bonchev–Trinajstić information content (AvgIpc) is 3.32. The van der Waals surface area contributed by atoms with E-state index in [9.17, 15) is 9.18 Å². The van der Waals surface area contributed by atoms with Gasteiger partial charge in [0, 0.05) is 67.2 Å². The molecule has 1 aliphatic heterocycles. The SMILES string of the molecule is O=C(C=Cc1cn(CCCF)c2ccccc12)N1CCN(c2ccc(OCc3ccccc3)cc2)CC1. The zero-order chi connectivity index (χ0) is 25.5. The first kappa shape index (κ1) is 24.6. The summed E-state index contributed by atoms with van der Waals surface area (Å²) < 4.78 is 20.7. The first-order valence-electron chi connectivity index (χ1n) is 12.8. The van der Waals surface area contributed by atoms with Gasteiger partial charge >= 0.3 is 0 Å². The molecule has 3 aromatic carbocycles. The number of para-hydroxylation sites is 1. The molecule has 1 aliphatic rings. The van der Waals surface area contributed by atoms with Crippen LogP contribution in [0.15, 0.2) is 91.1 Å². The van der Waals surface area contributed by atoms with Crippen LogP contribution in [-0.2, 0) is 17.9 Å². The number of ether oxygens (including phenoxy) is 1. The molecule has 0 bridgehead atoms. The minimum absolute atomic E-state index is 0.0184. The van der Waals surface area contributed by atoms with Crippen molar-refractivity contribution in [2.24, 2.45) is 0 Å². The molecule has 0 radical (unpaired) electrons. The van der Waals surface area contributed by atoms with Crippen LogP contribution >= 0.6 is 0 Å². The van der Waals surface area contributed by atoms with Crippen LogP contribution < -0.4 is 9.64 Å². The number of carbonyl (C=O) groups excluding carboxylic acids is 1. The van der Waals surface area contributed by atoms with Gasteiger partial charge in [0.25, 0.3) is 0 Å². The van der Waals surface area contributed by atoms with E-state index in [-0.39, 0.29) is 12.6 Å². The number of hydrogen-bond donors (Lipinski definition) is 0. The van der Waals surface area contributed by atoms with Gasteiger partial charge in [-0.3, -0.25) is 9.18 Å². The van der Waals surface area contributed by atoms with E-state index >= 15 is 0 Å². The molecule has 5 rings (SSSR count). The van der Waals surface area contributed by atoms with Crippen LogP contribution in [0.2, 0.25) is 0 Å². The van der Waals surface area contributed by atoms with Gasteiger partial charge in [-0.15, -0.1) is 0 Å². The van der Waals surface area contributed by atoms with Gasteiger partial charge < -0.3 is 19.1 Å². The molecule has 0 N–H and O–H groups in total. The van der Waals surface area contributed by atoms with Crippen molar-refractivity contribution < 1.29 is 13.9 Å². The van der Waals surface area contributed by atoms with Crippen molar-refractivity contribution >= 4 is 28.6 Å². The van der Waals surface area contributed by atoms with E-state index in [0.717, 1.165) is 46.6 Å². The topological polar surface area (TPSA) is 37.7 Å². The lowest BCUT2D eigenvalue weighted by Gasteiger charge is -2.35. The fourth-order valence-corrected chi connectivity index (χ4v) is 4.77. The number of alkyl halides is 1. The Morgan fingerprint density at radius 3 is 2.38 bits per heavy atom. The summed E-state index contributed by atoms with van der Waals surface area (Å²) in [4.78, 5) is 17.1. The van der Waals surface area contributed by atoms with Crippen molar-refractivity contribution in [3.63, 3.8) is 0 Å². The Balaban J connectivity index is 1.15. The van der Waals surface area contributed by atoms with E-state index in [1.54, 1.807) is 6.08 Å². The summed E-state index contributed by atoms with van der Waals surface area (Å²) in [5, 5.41) is 1.08. The Hall–Kier alpha value is -4.06. The Bertz CT molecular complexity index is 1340. The van der Waals surface area contributed by atoms with Gasteiger partial charge in [-0.2, -0.15) is 0 Å². The molecule has 0 saturated carbocycles. The highest BCUT2D eigenvalue weighted by Gasteiger charge is 2.20. The lowest BCUT2D eigenvalue weighted by molar-refractivity contribution is -0.126. The summed E-state index contributed by atoms with van der Waals surface area (Å²) in [6.07, 6.45) is 6.04. The summed E-state index contributed by atoms with van der Waals surface area (Å²) >= 11 is 0. The molecule has 1 amide bonds. The van der Waals surface area contributed by atoms with Gasteiger partial charge in [0.05, 0.1) is 6.67 Å². The largest absolute Gasteiger partial charge is 0.489 e. The summed E-state index contributed by atoms with van der Waals surface area (Å²) in [7, 11) is 0. The van der Waals surface area contributed by atoms with Crippen molar-refractivity contribution in [3.05, 3.63) is 102 Å². The first-order valence-corrected chi connectivity index (χ1v) is 12.8. The number of carbonyl (C=O) groups is 1. The number of anilines is 1. The lowest BCUT2D eigenvalue weighted by Crippen LogP contribution is -2.48. The van der Waals surface area contributed by atoms with Gasteiger partial charge in [-0.25, -0.2) is 0 Å². The maximum absolute atomic E-state index is 12.9. The van der Waals surface area contributed by atoms with E-state index in [1.165, 1.54) is 0 Å². The highest BCUT2D eigenvalue weighted by molar-refractivity contribution is 5.96. The van der Waals surface area contributed by atoms with Crippen LogP contribution in [0.4, 0.5) is 10.1 Å². The second-order valence-corrected chi connectivity index (χ2v) is 9.25.